The van der Waals surface area contributed by atoms with Crippen molar-refractivity contribution in [2.75, 3.05) is 19.8 Å². The Balaban J connectivity index is 1.47. The standard InChI is InChI=1S/C22H21NO5/c24-16-4-5-17-15(11-22(25)28-20(17)12-16)13-23-7-1-2-18(23)14-3-6-19-21(10-14)27-9-8-26-19/h3-6,10-12,18,24H,1-2,7-9,13H2/t18-/m0/s1. The van der Waals surface area contributed by atoms with Gasteiger partial charge in [0.25, 0.3) is 0 Å². The molecule has 1 saturated heterocycles. The lowest BCUT2D eigenvalue weighted by Gasteiger charge is -2.27. The summed E-state index contributed by atoms with van der Waals surface area (Å²) in [5.74, 6) is 1.69. The predicted molar refractivity (Wildman–Crippen MR) is 104 cm³/mol. The zero-order chi connectivity index (χ0) is 19.1. The third-order valence-electron chi connectivity index (χ3n) is 5.50. The van der Waals surface area contributed by atoms with E-state index in [0.717, 1.165) is 41.8 Å². The van der Waals surface area contributed by atoms with Crippen LogP contribution >= 0.6 is 0 Å². The summed E-state index contributed by atoms with van der Waals surface area (Å²) in [6.45, 7) is 2.76. The summed E-state index contributed by atoms with van der Waals surface area (Å²) in [6, 6.07) is 12.9. The minimum Gasteiger partial charge on any atom is -0.508 e. The minimum atomic E-state index is -0.400. The molecule has 6 heteroatoms. The highest BCUT2D eigenvalue weighted by Gasteiger charge is 2.28. The molecule has 2 aliphatic heterocycles. The lowest BCUT2D eigenvalue weighted by molar-refractivity contribution is 0.170. The Labute approximate surface area is 161 Å². The Hall–Kier alpha value is -2.99. The van der Waals surface area contributed by atoms with Gasteiger partial charge in [0.1, 0.15) is 24.5 Å². The van der Waals surface area contributed by atoms with Gasteiger partial charge in [0.2, 0.25) is 0 Å². The highest BCUT2D eigenvalue weighted by atomic mass is 16.6. The second-order valence-corrected chi connectivity index (χ2v) is 7.30. The second-order valence-electron chi connectivity index (χ2n) is 7.30. The summed E-state index contributed by atoms with van der Waals surface area (Å²) in [6.07, 6.45) is 2.15. The van der Waals surface area contributed by atoms with Crippen LogP contribution in [0, 0.1) is 0 Å². The molecule has 0 radical (unpaired) electrons. The third-order valence-corrected chi connectivity index (χ3v) is 5.50. The Kier molecular flexibility index (Phi) is 4.20. The molecular formula is C22H21NO5. The molecule has 28 heavy (non-hydrogen) atoms. The van der Waals surface area contributed by atoms with Crippen LogP contribution in [0.1, 0.15) is 30.0 Å². The molecule has 0 unspecified atom stereocenters. The van der Waals surface area contributed by atoms with Crippen LogP contribution in [0.5, 0.6) is 17.2 Å². The molecule has 0 saturated carbocycles. The second kappa shape index (κ2) is 6.87. The maximum absolute atomic E-state index is 12.0. The number of aromatic hydroxyl groups is 1. The monoisotopic (exact) mass is 379 g/mol. The summed E-state index contributed by atoms with van der Waals surface area (Å²) in [4.78, 5) is 14.4. The topological polar surface area (TPSA) is 72.1 Å². The number of ether oxygens (including phenoxy) is 2. The normalized spacial score (nSPS) is 19.2. The van der Waals surface area contributed by atoms with Crippen LogP contribution in [0.25, 0.3) is 11.0 Å². The van der Waals surface area contributed by atoms with E-state index in [1.807, 2.05) is 6.07 Å². The highest BCUT2D eigenvalue weighted by Crippen LogP contribution is 2.39. The molecular weight excluding hydrogens is 358 g/mol. The number of phenolic OH excluding ortho intramolecular Hbond substituents is 1. The zero-order valence-corrected chi connectivity index (χ0v) is 15.4. The van der Waals surface area contributed by atoms with Gasteiger partial charge in [-0.15, -0.1) is 0 Å². The van der Waals surface area contributed by atoms with E-state index < -0.39 is 5.63 Å². The molecule has 1 aromatic heterocycles. The number of rotatable bonds is 3. The van der Waals surface area contributed by atoms with E-state index in [-0.39, 0.29) is 11.8 Å². The fourth-order valence-corrected chi connectivity index (χ4v) is 4.23. The molecule has 3 aromatic rings. The van der Waals surface area contributed by atoms with Crippen molar-refractivity contribution in [3.63, 3.8) is 0 Å². The summed E-state index contributed by atoms with van der Waals surface area (Å²) in [5, 5.41) is 10.5. The van der Waals surface area contributed by atoms with E-state index in [1.54, 1.807) is 18.2 Å². The van der Waals surface area contributed by atoms with E-state index in [1.165, 1.54) is 11.6 Å². The van der Waals surface area contributed by atoms with Crippen LogP contribution in [0.15, 0.2) is 51.7 Å². The van der Waals surface area contributed by atoms with Crippen LogP contribution in [-0.2, 0) is 6.54 Å². The van der Waals surface area contributed by atoms with E-state index in [9.17, 15) is 9.90 Å². The van der Waals surface area contributed by atoms with Crippen molar-refractivity contribution in [2.45, 2.75) is 25.4 Å². The van der Waals surface area contributed by atoms with Crippen molar-refractivity contribution in [1.82, 2.24) is 4.90 Å². The molecule has 2 aliphatic rings. The predicted octanol–water partition coefficient (Wildman–Crippen LogP) is 3.61. The number of fused-ring (bicyclic) bond motifs is 2. The Morgan fingerprint density at radius 1 is 1.04 bits per heavy atom. The van der Waals surface area contributed by atoms with Gasteiger partial charge in [0, 0.05) is 30.1 Å². The van der Waals surface area contributed by atoms with Crippen LogP contribution in [-0.4, -0.2) is 29.8 Å². The largest absolute Gasteiger partial charge is 0.508 e. The fraction of sp³-hybridized carbons (Fsp3) is 0.318. The first kappa shape index (κ1) is 17.1. The summed E-state index contributed by atoms with van der Waals surface area (Å²) in [7, 11) is 0. The van der Waals surface area contributed by atoms with E-state index >= 15 is 0 Å². The van der Waals surface area contributed by atoms with Gasteiger partial charge in [-0.3, -0.25) is 4.90 Å². The lowest BCUT2D eigenvalue weighted by Crippen LogP contribution is -2.24. The number of hydrogen-bond donors (Lipinski definition) is 1. The number of likely N-dealkylation sites (tertiary alicyclic amines) is 1. The van der Waals surface area contributed by atoms with Crippen molar-refractivity contribution < 1.29 is 19.0 Å². The molecule has 2 aromatic carbocycles. The first-order valence-electron chi connectivity index (χ1n) is 9.57. The molecule has 1 fully saturated rings. The van der Waals surface area contributed by atoms with Crippen molar-refractivity contribution in [3.05, 3.63) is 64.0 Å². The maximum atomic E-state index is 12.0. The lowest BCUT2D eigenvalue weighted by atomic mass is 10.0. The SMILES string of the molecule is O=c1cc(CN2CCC[C@H]2c2ccc3c(c2)OCCO3)c2ccc(O)cc2o1. The molecule has 5 rings (SSSR count). The van der Waals surface area contributed by atoms with Gasteiger partial charge in [0.05, 0.1) is 0 Å². The maximum Gasteiger partial charge on any atom is 0.336 e. The summed E-state index contributed by atoms with van der Waals surface area (Å²) in [5.41, 5.74) is 2.13. The summed E-state index contributed by atoms with van der Waals surface area (Å²) < 4.78 is 16.6. The Bertz CT molecular complexity index is 1090. The third kappa shape index (κ3) is 3.10. The Morgan fingerprint density at radius 3 is 2.79 bits per heavy atom. The average molecular weight is 379 g/mol. The first-order valence-corrected chi connectivity index (χ1v) is 9.57. The van der Waals surface area contributed by atoms with Crippen LogP contribution in [0.2, 0.25) is 0 Å². The molecule has 144 valence electrons. The van der Waals surface area contributed by atoms with Gasteiger partial charge in [-0.1, -0.05) is 6.07 Å². The van der Waals surface area contributed by atoms with Crippen LogP contribution in [0.4, 0.5) is 0 Å². The first-order chi connectivity index (χ1) is 13.7. The van der Waals surface area contributed by atoms with E-state index in [2.05, 4.69) is 17.0 Å². The van der Waals surface area contributed by atoms with Crippen molar-refractivity contribution in [3.8, 4) is 17.2 Å². The van der Waals surface area contributed by atoms with Gasteiger partial charge >= 0.3 is 5.63 Å². The molecule has 0 amide bonds. The van der Waals surface area contributed by atoms with E-state index in [4.69, 9.17) is 13.9 Å². The number of phenols is 1. The van der Waals surface area contributed by atoms with Gasteiger partial charge in [0.15, 0.2) is 11.5 Å². The van der Waals surface area contributed by atoms with Crippen LogP contribution in [0.3, 0.4) is 0 Å². The van der Waals surface area contributed by atoms with E-state index in [0.29, 0.717) is 25.3 Å². The molecule has 0 aliphatic carbocycles. The highest BCUT2D eigenvalue weighted by molar-refractivity contribution is 5.81. The van der Waals surface area contributed by atoms with Crippen LogP contribution < -0.4 is 15.1 Å². The van der Waals surface area contributed by atoms with Crippen molar-refractivity contribution in [2.24, 2.45) is 0 Å². The summed E-state index contributed by atoms with van der Waals surface area (Å²) >= 11 is 0. The quantitative estimate of drug-likeness (QED) is 0.701. The minimum absolute atomic E-state index is 0.0862. The molecule has 0 bridgehead atoms. The number of benzene rings is 2. The average Bonchev–Trinajstić information content (AvgIpc) is 3.15. The molecule has 1 N–H and O–H groups in total. The molecule has 1 atom stereocenters. The zero-order valence-electron chi connectivity index (χ0n) is 15.4. The van der Waals surface area contributed by atoms with Gasteiger partial charge in [-0.2, -0.15) is 0 Å². The molecule has 3 heterocycles. The van der Waals surface area contributed by atoms with Crippen molar-refractivity contribution >= 4 is 11.0 Å². The molecule has 6 nitrogen and oxygen atoms in total. The van der Waals surface area contributed by atoms with Gasteiger partial charge in [-0.05, 0) is 54.8 Å². The van der Waals surface area contributed by atoms with Gasteiger partial charge in [-0.25, -0.2) is 4.79 Å². The molecule has 0 spiro atoms. The van der Waals surface area contributed by atoms with Crippen molar-refractivity contribution in [1.29, 1.82) is 0 Å². The van der Waals surface area contributed by atoms with Gasteiger partial charge < -0.3 is 19.0 Å². The number of nitrogens with zero attached hydrogens (tertiary/aromatic N) is 1. The Morgan fingerprint density at radius 2 is 1.89 bits per heavy atom. The number of hydrogen-bond acceptors (Lipinski definition) is 6. The smallest absolute Gasteiger partial charge is 0.336 e. The fourth-order valence-electron chi connectivity index (χ4n) is 4.23.